The third-order valence-electron chi connectivity index (χ3n) is 2.64. The second kappa shape index (κ2) is 5.34. The molecule has 0 bridgehead atoms. The average molecular weight is 268 g/mol. The topological polar surface area (TPSA) is 130 Å². The molecule has 102 valence electrons. The number of benzene rings is 1. The van der Waals surface area contributed by atoms with Gasteiger partial charge >= 0.3 is 11.7 Å². The lowest BCUT2D eigenvalue weighted by Crippen LogP contribution is -2.50. The van der Waals surface area contributed by atoms with Crippen LogP contribution in [0, 0.1) is 10.1 Å². The molecule has 0 aliphatic heterocycles. The van der Waals surface area contributed by atoms with E-state index >= 15 is 0 Å². The van der Waals surface area contributed by atoms with Crippen LogP contribution < -0.4 is 5.32 Å². The Kier molecular flexibility index (Phi) is 4.05. The first kappa shape index (κ1) is 14.4. The number of hydrogen-bond acceptors (Lipinski definition) is 5. The Morgan fingerprint density at radius 1 is 1.58 bits per heavy atom. The summed E-state index contributed by atoms with van der Waals surface area (Å²) < 4.78 is 0. The number of phenolic OH excluding ortho intramolecular Hbond substituents is 1. The number of carboxylic acids is 1. The zero-order chi connectivity index (χ0) is 14.6. The van der Waals surface area contributed by atoms with E-state index < -0.39 is 27.9 Å². The van der Waals surface area contributed by atoms with Crippen molar-refractivity contribution in [3.8, 4) is 5.75 Å². The quantitative estimate of drug-likeness (QED) is 0.389. The van der Waals surface area contributed by atoms with Crippen LogP contribution >= 0.6 is 0 Å². The standard InChI is InChI=1S/C11H12N2O6/c1-11(10(16)17,12-6-14)5-7-2-3-9(15)8(4-7)13(18)19/h2-4,6,15H,5H2,1H3,(H,12,14)(H,16,17)/t11-/m1/s1. The number of amides is 1. The Hall–Kier alpha value is -2.64. The predicted octanol–water partition coefficient (Wildman–Crippen LogP) is 0.432. The van der Waals surface area contributed by atoms with E-state index in [1.54, 1.807) is 0 Å². The number of aliphatic carboxylic acids is 1. The number of nitrogens with one attached hydrogen (secondary N) is 1. The molecular formula is C11H12N2O6. The number of nitrogens with zero attached hydrogens (tertiary/aromatic N) is 1. The van der Waals surface area contributed by atoms with Gasteiger partial charge in [-0.05, 0) is 18.6 Å². The van der Waals surface area contributed by atoms with Crippen LogP contribution in [0.4, 0.5) is 5.69 Å². The van der Waals surface area contributed by atoms with Crippen molar-refractivity contribution in [2.24, 2.45) is 0 Å². The van der Waals surface area contributed by atoms with E-state index in [-0.39, 0.29) is 12.8 Å². The van der Waals surface area contributed by atoms with Crippen molar-refractivity contribution < 1.29 is 24.7 Å². The molecule has 0 fully saturated rings. The molecule has 0 aliphatic rings. The molecule has 0 unspecified atom stereocenters. The van der Waals surface area contributed by atoms with Crippen LogP contribution in [0.25, 0.3) is 0 Å². The van der Waals surface area contributed by atoms with Gasteiger partial charge in [-0.1, -0.05) is 6.07 Å². The molecule has 0 saturated carbocycles. The zero-order valence-electron chi connectivity index (χ0n) is 9.99. The molecule has 3 N–H and O–H groups in total. The number of rotatable bonds is 6. The summed E-state index contributed by atoms with van der Waals surface area (Å²) in [4.78, 5) is 31.4. The predicted molar refractivity (Wildman–Crippen MR) is 63.7 cm³/mol. The van der Waals surface area contributed by atoms with Crippen LogP contribution in [0.2, 0.25) is 0 Å². The fourth-order valence-corrected chi connectivity index (χ4v) is 1.55. The fraction of sp³-hybridized carbons (Fsp3) is 0.273. The number of carboxylic acid groups (broad SMARTS) is 1. The minimum absolute atomic E-state index is 0.151. The van der Waals surface area contributed by atoms with E-state index in [1.165, 1.54) is 13.0 Å². The molecule has 1 aromatic rings. The lowest BCUT2D eigenvalue weighted by atomic mass is 9.93. The number of carbonyl (C=O) groups excluding carboxylic acids is 1. The third kappa shape index (κ3) is 3.18. The van der Waals surface area contributed by atoms with Crippen molar-refractivity contribution in [3.63, 3.8) is 0 Å². The highest BCUT2D eigenvalue weighted by Crippen LogP contribution is 2.27. The van der Waals surface area contributed by atoms with Crippen LogP contribution in [-0.4, -0.2) is 33.1 Å². The first-order valence-corrected chi connectivity index (χ1v) is 5.21. The first-order valence-electron chi connectivity index (χ1n) is 5.21. The highest BCUT2D eigenvalue weighted by Gasteiger charge is 2.33. The minimum atomic E-state index is -1.58. The smallest absolute Gasteiger partial charge is 0.329 e. The highest BCUT2D eigenvalue weighted by molar-refractivity contribution is 5.81. The van der Waals surface area contributed by atoms with Crippen molar-refractivity contribution in [1.82, 2.24) is 5.32 Å². The molecule has 8 nitrogen and oxygen atoms in total. The van der Waals surface area contributed by atoms with E-state index in [9.17, 15) is 24.8 Å². The van der Waals surface area contributed by atoms with Gasteiger partial charge in [0.05, 0.1) is 4.92 Å². The molecule has 0 aromatic heterocycles. The summed E-state index contributed by atoms with van der Waals surface area (Å²) in [7, 11) is 0. The van der Waals surface area contributed by atoms with Gasteiger partial charge in [0.2, 0.25) is 6.41 Å². The van der Waals surface area contributed by atoms with Crippen LogP contribution in [0.3, 0.4) is 0 Å². The van der Waals surface area contributed by atoms with Gasteiger partial charge in [0.25, 0.3) is 0 Å². The van der Waals surface area contributed by atoms with Gasteiger partial charge < -0.3 is 15.5 Å². The zero-order valence-corrected chi connectivity index (χ0v) is 9.99. The summed E-state index contributed by atoms with van der Waals surface area (Å²) in [5.41, 5.74) is -1.79. The van der Waals surface area contributed by atoms with Crippen LogP contribution in [0.15, 0.2) is 18.2 Å². The lowest BCUT2D eigenvalue weighted by Gasteiger charge is -2.23. The molecule has 0 saturated heterocycles. The Morgan fingerprint density at radius 3 is 2.68 bits per heavy atom. The second-order valence-corrected chi connectivity index (χ2v) is 4.16. The molecule has 0 heterocycles. The van der Waals surface area contributed by atoms with Gasteiger partial charge in [-0.3, -0.25) is 14.9 Å². The molecule has 1 rings (SSSR count). The Bertz CT molecular complexity index is 530. The fourth-order valence-electron chi connectivity index (χ4n) is 1.55. The Morgan fingerprint density at radius 2 is 2.21 bits per heavy atom. The molecule has 0 spiro atoms. The van der Waals surface area contributed by atoms with Gasteiger partial charge in [0, 0.05) is 12.5 Å². The van der Waals surface area contributed by atoms with Gasteiger partial charge in [0.1, 0.15) is 5.54 Å². The number of phenols is 1. The van der Waals surface area contributed by atoms with E-state index in [0.29, 0.717) is 5.56 Å². The van der Waals surface area contributed by atoms with Gasteiger partial charge in [-0.25, -0.2) is 4.79 Å². The highest BCUT2D eigenvalue weighted by atomic mass is 16.6. The molecular weight excluding hydrogens is 256 g/mol. The van der Waals surface area contributed by atoms with E-state index in [0.717, 1.165) is 12.1 Å². The number of nitro benzene ring substituents is 1. The number of carbonyl (C=O) groups is 2. The maximum Gasteiger partial charge on any atom is 0.329 e. The summed E-state index contributed by atoms with van der Waals surface area (Å²) in [5.74, 6) is -1.77. The second-order valence-electron chi connectivity index (χ2n) is 4.16. The minimum Gasteiger partial charge on any atom is -0.502 e. The van der Waals surface area contributed by atoms with Gasteiger partial charge in [-0.2, -0.15) is 0 Å². The average Bonchev–Trinajstić information content (AvgIpc) is 2.31. The number of hydrogen-bond donors (Lipinski definition) is 3. The summed E-state index contributed by atoms with van der Waals surface area (Å²) in [6.07, 6.45) is 0.102. The molecule has 1 aromatic carbocycles. The lowest BCUT2D eigenvalue weighted by molar-refractivity contribution is -0.385. The Labute approximate surface area is 107 Å². The van der Waals surface area contributed by atoms with Crippen LogP contribution in [0.5, 0.6) is 5.75 Å². The summed E-state index contributed by atoms with van der Waals surface area (Å²) >= 11 is 0. The maximum atomic E-state index is 11.1. The van der Waals surface area contributed by atoms with Crippen molar-refractivity contribution in [2.75, 3.05) is 0 Å². The molecule has 0 aliphatic carbocycles. The van der Waals surface area contributed by atoms with Gasteiger partial charge in [-0.15, -0.1) is 0 Å². The normalized spacial score (nSPS) is 13.3. The molecule has 0 radical (unpaired) electrons. The third-order valence-corrected chi connectivity index (χ3v) is 2.64. The van der Waals surface area contributed by atoms with Crippen molar-refractivity contribution in [1.29, 1.82) is 0 Å². The molecule has 8 heteroatoms. The number of aromatic hydroxyl groups is 1. The molecule has 19 heavy (non-hydrogen) atoms. The Balaban J connectivity index is 3.11. The first-order chi connectivity index (χ1) is 8.80. The maximum absolute atomic E-state index is 11.1. The van der Waals surface area contributed by atoms with E-state index in [1.807, 2.05) is 0 Å². The molecule has 1 amide bonds. The SMILES string of the molecule is C[C@](Cc1ccc(O)c([N+](=O)[O-])c1)(NC=O)C(=O)O. The summed E-state index contributed by atoms with van der Waals surface area (Å²) in [6.45, 7) is 1.28. The molecule has 1 atom stereocenters. The van der Waals surface area contributed by atoms with Crippen molar-refractivity contribution >= 4 is 18.1 Å². The van der Waals surface area contributed by atoms with E-state index in [4.69, 9.17) is 5.11 Å². The number of nitro groups is 1. The largest absolute Gasteiger partial charge is 0.502 e. The van der Waals surface area contributed by atoms with Crippen LogP contribution in [-0.2, 0) is 16.0 Å². The van der Waals surface area contributed by atoms with Crippen LogP contribution in [0.1, 0.15) is 12.5 Å². The summed E-state index contributed by atoms with van der Waals surface area (Å²) in [5, 5.41) is 31.2. The van der Waals surface area contributed by atoms with Crippen molar-refractivity contribution in [2.45, 2.75) is 18.9 Å². The van der Waals surface area contributed by atoms with Crippen molar-refractivity contribution in [3.05, 3.63) is 33.9 Å². The van der Waals surface area contributed by atoms with E-state index in [2.05, 4.69) is 5.32 Å². The monoisotopic (exact) mass is 268 g/mol. The van der Waals surface area contributed by atoms with Gasteiger partial charge in [0.15, 0.2) is 5.75 Å². The summed E-state index contributed by atoms with van der Waals surface area (Å²) in [6, 6.07) is 3.54.